The van der Waals surface area contributed by atoms with Gasteiger partial charge in [-0.05, 0) is 28.1 Å². The quantitative estimate of drug-likeness (QED) is 0.885. The number of hydrogen-bond donors (Lipinski definition) is 1. The second kappa shape index (κ2) is 4.96. The van der Waals surface area contributed by atoms with Crippen molar-refractivity contribution in [2.24, 2.45) is 0 Å². The summed E-state index contributed by atoms with van der Waals surface area (Å²) >= 11 is 6.75. The number of thioether (sulfide) groups is 1. The molecule has 78 valence electrons. The Labute approximate surface area is 104 Å². The van der Waals surface area contributed by atoms with Crippen LogP contribution in [0, 0.1) is 0 Å². The van der Waals surface area contributed by atoms with Crippen LogP contribution in [0.25, 0.3) is 0 Å². The maximum atomic E-state index is 5.69. The molecule has 6 heteroatoms. The van der Waals surface area contributed by atoms with Crippen molar-refractivity contribution in [3.05, 3.63) is 33.2 Å². The first-order valence-corrected chi connectivity index (χ1v) is 6.78. The number of aromatic nitrogens is 2. The number of rotatable bonds is 3. The number of anilines is 1. The molecule has 0 fully saturated rings. The van der Waals surface area contributed by atoms with Crippen molar-refractivity contribution in [1.82, 2.24) is 9.97 Å². The van der Waals surface area contributed by atoms with Gasteiger partial charge in [-0.3, -0.25) is 0 Å². The van der Waals surface area contributed by atoms with Crippen LogP contribution in [-0.2, 0) is 5.75 Å². The lowest BCUT2D eigenvalue weighted by atomic mass is 10.5. The van der Waals surface area contributed by atoms with E-state index in [0.29, 0.717) is 5.82 Å². The van der Waals surface area contributed by atoms with E-state index in [-0.39, 0.29) is 0 Å². The topological polar surface area (TPSA) is 51.8 Å². The van der Waals surface area contributed by atoms with Crippen LogP contribution in [0.3, 0.4) is 0 Å². The predicted octanol–water partition coefficient (Wildman–Crippen LogP) is 3.18. The molecule has 0 aliphatic carbocycles. The van der Waals surface area contributed by atoms with Crippen LogP contribution in [0.1, 0.15) is 4.88 Å². The van der Waals surface area contributed by atoms with Gasteiger partial charge in [0.15, 0.2) is 5.82 Å². The zero-order chi connectivity index (χ0) is 10.7. The Bertz CT molecular complexity index is 458. The summed E-state index contributed by atoms with van der Waals surface area (Å²) in [5.74, 6) is 1.37. The van der Waals surface area contributed by atoms with E-state index in [4.69, 9.17) is 5.73 Å². The van der Waals surface area contributed by atoms with Gasteiger partial charge in [-0.15, -0.1) is 11.3 Å². The molecule has 0 unspecified atom stereocenters. The molecule has 2 heterocycles. The summed E-state index contributed by atoms with van der Waals surface area (Å²) in [5.41, 5.74) is 5.69. The van der Waals surface area contributed by atoms with E-state index in [9.17, 15) is 0 Å². The lowest BCUT2D eigenvalue weighted by Crippen LogP contribution is -1.94. The first-order chi connectivity index (χ1) is 7.25. The Morgan fingerprint density at radius 3 is 2.80 bits per heavy atom. The van der Waals surface area contributed by atoms with Gasteiger partial charge in [0.25, 0.3) is 0 Å². The van der Waals surface area contributed by atoms with Crippen LogP contribution in [-0.4, -0.2) is 9.97 Å². The Kier molecular flexibility index (Phi) is 3.61. The number of nitrogens with zero attached hydrogens (tertiary/aromatic N) is 2. The molecule has 0 saturated heterocycles. The van der Waals surface area contributed by atoms with E-state index in [1.54, 1.807) is 35.5 Å². The van der Waals surface area contributed by atoms with Crippen LogP contribution >= 0.6 is 39.0 Å². The molecule has 0 bridgehead atoms. The van der Waals surface area contributed by atoms with Gasteiger partial charge >= 0.3 is 0 Å². The number of halogens is 1. The zero-order valence-electron chi connectivity index (χ0n) is 7.68. The van der Waals surface area contributed by atoms with Gasteiger partial charge in [0.2, 0.25) is 0 Å². The van der Waals surface area contributed by atoms with Gasteiger partial charge in [0.05, 0.1) is 3.79 Å². The Morgan fingerprint density at radius 1 is 1.33 bits per heavy atom. The Morgan fingerprint density at radius 2 is 2.13 bits per heavy atom. The van der Waals surface area contributed by atoms with Crippen LogP contribution in [0.15, 0.2) is 33.3 Å². The van der Waals surface area contributed by atoms with Crippen molar-refractivity contribution in [2.45, 2.75) is 10.8 Å². The maximum Gasteiger partial charge on any atom is 0.156 e. The fraction of sp³-hybridized carbons (Fsp3) is 0.111. The van der Waals surface area contributed by atoms with Crippen LogP contribution in [0.2, 0.25) is 0 Å². The van der Waals surface area contributed by atoms with E-state index in [1.807, 2.05) is 6.07 Å². The molecule has 2 N–H and O–H groups in total. The van der Waals surface area contributed by atoms with Crippen LogP contribution in [0.5, 0.6) is 0 Å². The fourth-order valence-corrected chi connectivity index (χ4v) is 3.42. The highest BCUT2D eigenvalue weighted by molar-refractivity contribution is 9.11. The molecule has 0 atom stereocenters. The van der Waals surface area contributed by atoms with Crippen LogP contribution < -0.4 is 5.73 Å². The van der Waals surface area contributed by atoms with Crippen LogP contribution in [0.4, 0.5) is 5.82 Å². The second-order valence-corrected chi connectivity index (χ2v) is 6.25. The highest BCUT2D eigenvalue weighted by Gasteiger charge is 2.03. The van der Waals surface area contributed by atoms with E-state index in [0.717, 1.165) is 14.6 Å². The number of hydrogen-bond acceptors (Lipinski definition) is 5. The summed E-state index contributed by atoms with van der Waals surface area (Å²) in [7, 11) is 0. The highest BCUT2D eigenvalue weighted by Crippen LogP contribution is 2.29. The molecule has 0 spiro atoms. The van der Waals surface area contributed by atoms with Crippen molar-refractivity contribution in [2.75, 3.05) is 5.73 Å². The van der Waals surface area contributed by atoms with E-state index >= 15 is 0 Å². The average Bonchev–Trinajstić information content (AvgIpc) is 2.63. The van der Waals surface area contributed by atoms with Crippen molar-refractivity contribution in [3.8, 4) is 0 Å². The largest absolute Gasteiger partial charge is 0.381 e. The third-order valence-corrected chi connectivity index (χ3v) is 4.52. The van der Waals surface area contributed by atoms with Gasteiger partial charge < -0.3 is 5.73 Å². The van der Waals surface area contributed by atoms with Gasteiger partial charge in [0, 0.05) is 23.0 Å². The van der Waals surface area contributed by atoms with Crippen molar-refractivity contribution < 1.29 is 0 Å². The summed E-state index contributed by atoms with van der Waals surface area (Å²) in [6, 6.07) is 4.13. The molecule has 0 aromatic carbocycles. The van der Waals surface area contributed by atoms with Gasteiger partial charge in [0.1, 0.15) is 5.03 Å². The van der Waals surface area contributed by atoms with E-state index in [2.05, 4.69) is 32.0 Å². The first-order valence-electron chi connectivity index (χ1n) is 4.19. The standard InChI is InChI=1S/C9H8BrN3S2/c10-7-2-1-6(15-7)5-14-9-8(11)12-3-4-13-9/h1-4H,5H2,(H2,11,12). The highest BCUT2D eigenvalue weighted by atomic mass is 79.9. The third-order valence-electron chi connectivity index (χ3n) is 1.67. The summed E-state index contributed by atoms with van der Waals surface area (Å²) in [6.07, 6.45) is 3.25. The molecular formula is C9H8BrN3S2. The molecule has 15 heavy (non-hydrogen) atoms. The summed E-state index contributed by atoms with van der Waals surface area (Å²) < 4.78 is 1.14. The molecular weight excluding hydrogens is 294 g/mol. The fourth-order valence-electron chi connectivity index (χ4n) is 1.02. The molecule has 3 nitrogen and oxygen atoms in total. The zero-order valence-corrected chi connectivity index (χ0v) is 10.9. The molecule has 2 aromatic rings. The first kappa shape index (κ1) is 10.9. The minimum absolute atomic E-state index is 0.498. The van der Waals surface area contributed by atoms with Crippen molar-refractivity contribution >= 4 is 44.8 Å². The van der Waals surface area contributed by atoms with Crippen molar-refractivity contribution in [3.63, 3.8) is 0 Å². The molecule has 0 aliphatic heterocycles. The minimum atomic E-state index is 0.498. The normalized spacial score (nSPS) is 10.5. The number of nitrogen functional groups attached to an aromatic ring is 1. The average molecular weight is 302 g/mol. The number of nitrogens with two attached hydrogens (primary N) is 1. The molecule has 2 aromatic heterocycles. The van der Waals surface area contributed by atoms with Gasteiger partial charge in [-0.2, -0.15) is 0 Å². The molecule has 0 aliphatic rings. The maximum absolute atomic E-state index is 5.69. The number of thiophene rings is 1. The van der Waals surface area contributed by atoms with Crippen molar-refractivity contribution in [1.29, 1.82) is 0 Å². The lowest BCUT2D eigenvalue weighted by molar-refractivity contribution is 1.07. The smallest absolute Gasteiger partial charge is 0.156 e. The molecule has 0 saturated carbocycles. The Balaban J connectivity index is 2.02. The Hall–Kier alpha value is -0.590. The van der Waals surface area contributed by atoms with E-state index in [1.165, 1.54) is 4.88 Å². The summed E-state index contributed by atoms with van der Waals surface area (Å²) in [4.78, 5) is 9.44. The lowest BCUT2D eigenvalue weighted by Gasteiger charge is -2.00. The second-order valence-electron chi connectivity index (χ2n) is 2.74. The summed E-state index contributed by atoms with van der Waals surface area (Å²) in [5, 5.41) is 0.794. The molecule has 0 radical (unpaired) electrons. The van der Waals surface area contributed by atoms with E-state index < -0.39 is 0 Å². The molecule has 0 amide bonds. The monoisotopic (exact) mass is 301 g/mol. The minimum Gasteiger partial charge on any atom is -0.381 e. The third kappa shape index (κ3) is 2.93. The van der Waals surface area contributed by atoms with Gasteiger partial charge in [-0.1, -0.05) is 11.8 Å². The molecule has 2 rings (SSSR count). The van der Waals surface area contributed by atoms with Gasteiger partial charge in [-0.25, -0.2) is 9.97 Å². The predicted molar refractivity (Wildman–Crippen MR) is 68.0 cm³/mol. The SMILES string of the molecule is Nc1nccnc1SCc1ccc(Br)s1. The summed E-state index contributed by atoms with van der Waals surface area (Å²) in [6.45, 7) is 0.